The van der Waals surface area contributed by atoms with Crippen LogP contribution in [0.3, 0.4) is 0 Å². The van der Waals surface area contributed by atoms with Gasteiger partial charge in [-0.25, -0.2) is 0 Å². The summed E-state index contributed by atoms with van der Waals surface area (Å²) in [5, 5.41) is 9.21. The highest BCUT2D eigenvalue weighted by Crippen LogP contribution is 2.26. The lowest BCUT2D eigenvalue weighted by atomic mass is 10.1. The SMILES string of the molecule is COc1ccc(CO[C@@H](CCO)C[C@H]2COC(C)(C)O2)cc1. The number of aliphatic hydroxyl groups excluding tert-OH is 1. The van der Waals surface area contributed by atoms with Crippen LogP contribution >= 0.6 is 0 Å². The lowest BCUT2D eigenvalue weighted by molar-refractivity contribution is -0.143. The van der Waals surface area contributed by atoms with Gasteiger partial charge in [-0.1, -0.05) is 12.1 Å². The standard InChI is InChI=1S/C17H26O5/c1-17(2)21-12-16(22-17)10-15(8-9-18)20-11-13-4-6-14(19-3)7-5-13/h4-7,15-16,18H,8-12H2,1-3H3/t15-,16-/m0/s1. The van der Waals surface area contributed by atoms with Crippen LogP contribution in [0.4, 0.5) is 0 Å². The van der Waals surface area contributed by atoms with E-state index in [1.165, 1.54) is 0 Å². The smallest absolute Gasteiger partial charge is 0.163 e. The molecule has 1 N–H and O–H groups in total. The molecule has 0 saturated carbocycles. The van der Waals surface area contributed by atoms with Crippen LogP contribution in [0.25, 0.3) is 0 Å². The topological polar surface area (TPSA) is 57.2 Å². The van der Waals surface area contributed by atoms with Crippen molar-refractivity contribution in [1.29, 1.82) is 0 Å². The number of ether oxygens (including phenoxy) is 4. The molecule has 0 bridgehead atoms. The molecule has 0 spiro atoms. The second-order valence-electron chi connectivity index (χ2n) is 5.98. The summed E-state index contributed by atoms with van der Waals surface area (Å²) in [7, 11) is 1.65. The molecule has 0 aromatic heterocycles. The van der Waals surface area contributed by atoms with Crippen molar-refractivity contribution in [3.05, 3.63) is 29.8 Å². The molecule has 0 amide bonds. The first-order valence-corrected chi connectivity index (χ1v) is 7.69. The molecule has 0 radical (unpaired) electrons. The Hall–Kier alpha value is -1.14. The number of benzene rings is 1. The fourth-order valence-corrected chi connectivity index (χ4v) is 2.52. The lowest BCUT2D eigenvalue weighted by Crippen LogP contribution is -2.26. The van der Waals surface area contributed by atoms with Crippen LogP contribution in [0.15, 0.2) is 24.3 Å². The van der Waals surface area contributed by atoms with Gasteiger partial charge in [0.15, 0.2) is 5.79 Å². The predicted octanol–water partition coefficient (Wildman–Crippen LogP) is 2.50. The Kier molecular flexibility index (Phi) is 6.20. The summed E-state index contributed by atoms with van der Waals surface area (Å²) in [4.78, 5) is 0. The minimum Gasteiger partial charge on any atom is -0.497 e. The number of hydrogen-bond donors (Lipinski definition) is 1. The first-order chi connectivity index (χ1) is 10.5. The zero-order chi connectivity index (χ0) is 16.0. The molecule has 22 heavy (non-hydrogen) atoms. The van der Waals surface area contributed by atoms with E-state index in [2.05, 4.69) is 0 Å². The normalized spacial score (nSPS) is 21.7. The highest BCUT2D eigenvalue weighted by atomic mass is 16.7. The van der Waals surface area contributed by atoms with E-state index in [-0.39, 0.29) is 18.8 Å². The monoisotopic (exact) mass is 310 g/mol. The predicted molar refractivity (Wildman–Crippen MR) is 82.8 cm³/mol. The van der Waals surface area contributed by atoms with Crippen molar-refractivity contribution in [3.63, 3.8) is 0 Å². The van der Waals surface area contributed by atoms with Crippen molar-refractivity contribution in [3.8, 4) is 5.75 Å². The fraction of sp³-hybridized carbons (Fsp3) is 0.647. The average Bonchev–Trinajstić information content (AvgIpc) is 2.84. The van der Waals surface area contributed by atoms with E-state index in [4.69, 9.17) is 18.9 Å². The van der Waals surface area contributed by atoms with Crippen molar-refractivity contribution in [1.82, 2.24) is 0 Å². The summed E-state index contributed by atoms with van der Waals surface area (Å²) < 4.78 is 22.4. The van der Waals surface area contributed by atoms with Gasteiger partial charge < -0.3 is 24.1 Å². The molecule has 124 valence electrons. The first kappa shape index (κ1) is 17.2. The molecule has 5 heteroatoms. The number of aliphatic hydroxyl groups is 1. The van der Waals surface area contributed by atoms with E-state index in [0.29, 0.717) is 19.6 Å². The highest BCUT2D eigenvalue weighted by molar-refractivity contribution is 5.26. The molecule has 1 heterocycles. The van der Waals surface area contributed by atoms with E-state index in [9.17, 15) is 5.11 Å². The molecule has 2 rings (SSSR count). The molecule has 2 atom stereocenters. The van der Waals surface area contributed by atoms with Crippen LogP contribution < -0.4 is 4.74 Å². The summed E-state index contributed by atoms with van der Waals surface area (Å²) in [5.74, 6) is 0.305. The zero-order valence-corrected chi connectivity index (χ0v) is 13.6. The van der Waals surface area contributed by atoms with Gasteiger partial charge in [-0.05, 0) is 38.0 Å². The minimum absolute atomic E-state index is 0.0161. The number of hydrogen-bond acceptors (Lipinski definition) is 5. The van der Waals surface area contributed by atoms with E-state index in [1.807, 2.05) is 38.1 Å². The molecule has 1 aromatic carbocycles. The third-order valence-corrected chi connectivity index (χ3v) is 3.69. The summed E-state index contributed by atoms with van der Waals surface area (Å²) >= 11 is 0. The van der Waals surface area contributed by atoms with Crippen LogP contribution in [0.5, 0.6) is 5.75 Å². The van der Waals surface area contributed by atoms with Gasteiger partial charge in [-0.15, -0.1) is 0 Å². The summed E-state index contributed by atoms with van der Waals surface area (Å²) in [6.45, 7) is 5.00. The zero-order valence-electron chi connectivity index (χ0n) is 13.6. The van der Waals surface area contributed by atoms with E-state index < -0.39 is 5.79 Å². The van der Waals surface area contributed by atoms with E-state index >= 15 is 0 Å². The third kappa shape index (κ3) is 5.25. The molecular formula is C17H26O5. The second kappa shape index (κ2) is 7.92. The van der Waals surface area contributed by atoms with Gasteiger partial charge in [0.1, 0.15) is 5.75 Å². The van der Waals surface area contributed by atoms with Gasteiger partial charge in [-0.2, -0.15) is 0 Å². The molecular weight excluding hydrogens is 284 g/mol. The van der Waals surface area contributed by atoms with Crippen LogP contribution in [0.2, 0.25) is 0 Å². The molecule has 1 aliphatic heterocycles. The maximum Gasteiger partial charge on any atom is 0.163 e. The van der Waals surface area contributed by atoms with Crippen molar-refractivity contribution in [2.24, 2.45) is 0 Å². The summed E-state index contributed by atoms with van der Waals surface area (Å²) in [6, 6.07) is 7.78. The van der Waals surface area contributed by atoms with Crippen LogP contribution in [-0.4, -0.2) is 43.4 Å². The Bertz CT molecular complexity index is 443. The maximum absolute atomic E-state index is 9.21. The Balaban J connectivity index is 1.83. The molecule has 1 fully saturated rings. The molecule has 0 aliphatic carbocycles. The number of methoxy groups -OCH3 is 1. The fourth-order valence-electron chi connectivity index (χ4n) is 2.52. The Morgan fingerprint density at radius 3 is 2.59 bits per heavy atom. The molecule has 1 saturated heterocycles. The van der Waals surface area contributed by atoms with Crippen LogP contribution in [0, 0.1) is 0 Å². The van der Waals surface area contributed by atoms with Gasteiger partial charge in [0.05, 0.1) is 32.5 Å². The largest absolute Gasteiger partial charge is 0.497 e. The molecule has 1 aliphatic rings. The lowest BCUT2D eigenvalue weighted by Gasteiger charge is -2.21. The van der Waals surface area contributed by atoms with Crippen molar-refractivity contribution >= 4 is 0 Å². The molecule has 0 unspecified atom stereocenters. The maximum atomic E-state index is 9.21. The molecule has 5 nitrogen and oxygen atoms in total. The Morgan fingerprint density at radius 1 is 1.32 bits per heavy atom. The van der Waals surface area contributed by atoms with Crippen molar-refractivity contribution in [2.75, 3.05) is 20.3 Å². The molecule has 1 aromatic rings. The quantitative estimate of drug-likeness (QED) is 0.799. The van der Waals surface area contributed by atoms with E-state index in [0.717, 1.165) is 17.7 Å². The van der Waals surface area contributed by atoms with Gasteiger partial charge in [-0.3, -0.25) is 0 Å². The highest BCUT2D eigenvalue weighted by Gasteiger charge is 2.34. The van der Waals surface area contributed by atoms with Crippen molar-refractivity contribution < 1.29 is 24.1 Å². The van der Waals surface area contributed by atoms with Gasteiger partial charge in [0.2, 0.25) is 0 Å². The Morgan fingerprint density at radius 2 is 2.05 bits per heavy atom. The summed E-state index contributed by atoms with van der Waals surface area (Å²) in [5.41, 5.74) is 1.08. The van der Waals surface area contributed by atoms with Crippen LogP contribution in [-0.2, 0) is 20.8 Å². The number of rotatable bonds is 8. The van der Waals surface area contributed by atoms with Gasteiger partial charge >= 0.3 is 0 Å². The third-order valence-electron chi connectivity index (χ3n) is 3.69. The first-order valence-electron chi connectivity index (χ1n) is 7.69. The van der Waals surface area contributed by atoms with Gasteiger partial charge in [0.25, 0.3) is 0 Å². The Labute approximate surface area is 132 Å². The summed E-state index contributed by atoms with van der Waals surface area (Å²) in [6.07, 6.45) is 1.29. The minimum atomic E-state index is -0.523. The second-order valence-corrected chi connectivity index (χ2v) is 5.98. The van der Waals surface area contributed by atoms with Crippen molar-refractivity contribution in [2.45, 2.75) is 51.3 Å². The average molecular weight is 310 g/mol. The van der Waals surface area contributed by atoms with E-state index in [1.54, 1.807) is 7.11 Å². The van der Waals surface area contributed by atoms with Gasteiger partial charge in [0, 0.05) is 13.0 Å². The van der Waals surface area contributed by atoms with Crippen LogP contribution in [0.1, 0.15) is 32.3 Å².